The monoisotopic (exact) mass is 327 g/mol. The van der Waals surface area contributed by atoms with E-state index in [0.717, 1.165) is 29.0 Å². The molecule has 23 heavy (non-hydrogen) atoms. The number of thiophene rings is 1. The lowest BCUT2D eigenvalue weighted by Crippen LogP contribution is -2.38. The molecule has 0 atom stereocenters. The fourth-order valence-corrected chi connectivity index (χ4v) is 3.21. The van der Waals surface area contributed by atoms with Crippen LogP contribution >= 0.6 is 11.3 Å². The van der Waals surface area contributed by atoms with Gasteiger partial charge in [-0.2, -0.15) is 0 Å². The molecule has 1 aromatic heterocycles. The minimum absolute atomic E-state index is 0.185. The fraction of sp³-hybridized carbons (Fsp3) is 0.222. The normalized spacial score (nSPS) is 13.8. The van der Waals surface area contributed by atoms with Crippen molar-refractivity contribution in [3.8, 4) is 0 Å². The van der Waals surface area contributed by atoms with E-state index in [4.69, 9.17) is 4.74 Å². The number of fused-ring (bicyclic) bond motifs is 1. The molecule has 0 bridgehead atoms. The molecular formula is C18H17NO3S. The number of esters is 1. The van der Waals surface area contributed by atoms with Gasteiger partial charge < -0.3 is 9.64 Å². The molecule has 0 N–H and O–H groups in total. The minimum atomic E-state index is -0.503. The molecule has 1 amide bonds. The Morgan fingerprint density at radius 3 is 2.91 bits per heavy atom. The third-order valence-corrected chi connectivity index (χ3v) is 4.51. The zero-order valence-corrected chi connectivity index (χ0v) is 13.4. The molecule has 0 radical (unpaired) electrons. The maximum Gasteiger partial charge on any atom is 0.331 e. The maximum absolute atomic E-state index is 12.3. The van der Waals surface area contributed by atoms with Crippen molar-refractivity contribution >= 4 is 35.0 Å². The number of carbonyl (C=O) groups is 2. The molecule has 0 saturated carbocycles. The number of hydrogen-bond donors (Lipinski definition) is 0. The Morgan fingerprint density at radius 1 is 1.22 bits per heavy atom. The molecule has 0 fully saturated rings. The zero-order chi connectivity index (χ0) is 16.1. The van der Waals surface area contributed by atoms with Crippen LogP contribution in [0.3, 0.4) is 0 Å². The highest BCUT2D eigenvalue weighted by Gasteiger charge is 2.22. The van der Waals surface area contributed by atoms with Crippen molar-refractivity contribution in [2.45, 2.75) is 12.8 Å². The van der Waals surface area contributed by atoms with Crippen LogP contribution in [0.15, 0.2) is 47.9 Å². The topological polar surface area (TPSA) is 46.6 Å². The predicted molar refractivity (Wildman–Crippen MR) is 91.4 cm³/mol. The van der Waals surface area contributed by atoms with E-state index in [1.165, 1.54) is 17.4 Å². The van der Waals surface area contributed by atoms with Crippen LogP contribution in [0.2, 0.25) is 0 Å². The van der Waals surface area contributed by atoms with Crippen molar-refractivity contribution < 1.29 is 14.3 Å². The summed E-state index contributed by atoms with van der Waals surface area (Å²) in [7, 11) is 0. The quantitative estimate of drug-likeness (QED) is 0.639. The van der Waals surface area contributed by atoms with Gasteiger partial charge in [0.25, 0.3) is 5.91 Å². The fourth-order valence-electron chi connectivity index (χ4n) is 2.59. The van der Waals surface area contributed by atoms with Gasteiger partial charge in [0.1, 0.15) is 0 Å². The smallest absolute Gasteiger partial charge is 0.331 e. The van der Waals surface area contributed by atoms with Crippen molar-refractivity contribution in [1.29, 1.82) is 0 Å². The Balaban J connectivity index is 1.57. The Hall–Kier alpha value is -2.40. The summed E-state index contributed by atoms with van der Waals surface area (Å²) in [6.07, 6.45) is 4.94. The third-order valence-electron chi connectivity index (χ3n) is 3.68. The molecule has 5 heteroatoms. The van der Waals surface area contributed by atoms with E-state index in [0.29, 0.717) is 6.54 Å². The number of nitrogens with zero attached hydrogens (tertiary/aromatic N) is 1. The first-order valence-electron chi connectivity index (χ1n) is 7.50. The van der Waals surface area contributed by atoms with Gasteiger partial charge in [-0.3, -0.25) is 4.79 Å². The maximum atomic E-state index is 12.3. The van der Waals surface area contributed by atoms with Crippen molar-refractivity contribution in [3.05, 3.63) is 58.3 Å². The SMILES string of the molecule is O=C(C=Cc1cccs1)OCC(=O)N1CCCc2ccccc21. The van der Waals surface area contributed by atoms with E-state index < -0.39 is 5.97 Å². The molecule has 3 rings (SSSR count). The lowest BCUT2D eigenvalue weighted by atomic mass is 10.0. The van der Waals surface area contributed by atoms with Gasteiger partial charge in [-0.05, 0) is 42.0 Å². The third kappa shape index (κ3) is 3.87. The summed E-state index contributed by atoms with van der Waals surface area (Å²) in [5.41, 5.74) is 2.09. The number of anilines is 1. The molecule has 4 nitrogen and oxygen atoms in total. The number of aryl methyl sites for hydroxylation is 1. The Morgan fingerprint density at radius 2 is 2.09 bits per heavy atom. The molecule has 0 saturated heterocycles. The second kappa shape index (κ2) is 7.24. The first kappa shape index (κ1) is 15.5. The van der Waals surface area contributed by atoms with Gasteiger partial charge in [0.05, 0.1) is 0 Å². The lowest BCUT2D eigenvalue weighted by molar-refractivity contribution is -0.142. The molecule has 0 unspecified atom stereocenters. The second-order valence-corrected chi connectivity index (χ2v) is 6.21. The number of benzene rings is 1. The van der Waals surface area contributed by atoms with Crippen LogP contribution in [0, 0.1) is 0 Å². The molecule has 1 aliphatic rings. The Labute approximate surface area is 139 Å². The Kier molecular flexibility index (Phi) is 4.88. The second-order valence-electron chi connectivity index (χ2n) is 5.23. The van der Waals surface area contributed by atoms with Gasteiger partial charge in [0.15, 0.2) is 6.61 Å². The van der Waals surface area contributed by atoms with Gasteiger partial charge in [0, 0.05) is 23.2 Å². The zero-order valence-electron chi connectivity index (χ0n) is 12.6. The number of rotatable bonds is 4. The van der Waals surface area contributed by atoms with Crippen LogP contribution in [0.25, 0.3) is 6.08 Å². The van der Waals surface area contributed by atoms with Crippen LogP contribution in [0.5, 0.6) is 0 Å². The van der Waals surface area contributed by atoms with Gasteiger partial charge in [-0.25, -0.2) is 4.79 Å². The number of carbonyl (C=O) groups excluding carboxylic acids is 2. The largest absolute Gasteiger partial charge is 0.452 e. The highest BCUT2D eigenvalue weighted by atomic mass is 32.1. The molecular weight excluding hydrogens is 310 g/mol. The lowest BCUT2D eigenvalue weighted by Gasteiger charge is -2.29. The molecule has 0 aliphatic carbocycles. The van der Waals surface area contributed by atoms with Crippen LogP contribution in [0.1, 0.15) is 16.9 Å². The van der Waals surface area contributed by atoms with E-state index in [2.05, 4.69) is 0 Å². The van der Waals surface area contributed by atoms with Crippen molar-refractivity contribution in [2.75, 3.05) is 18.1 Å². The van der Waals surface area contributed by atoms with Gasteiger partial charge in [0.2, 0.25) is 0 Å². The molecule has 118 valence electrons. The average Bonchev–Trinajstić information content (AvgIpc) is 3.11. The standard InChI is InChI=1S/C18H17NO3S/c20-17(13-22-18(21)10-9-15-7-4-12-23-15)19-11-3-6-14-5-1-2-8-16(14)19/h1-2,4-5,7-10,12H,3,6,11,13H2. The van der Waals surface area contributed by atoms with Crippen LogP contribution in [0.4, 0.5) is 5.69 Å². The van der Waals surface area contributed by atoms with E-state index in [9.17, 15) is 9.59 Å². The average molecular weight is 327 g/mol. The molecule has 0 spiro atoms. The van der Waals surface area contributed by atoms with Crippen molar-refractivity contribution in [2.24, 2.45) is 0 Å². The highest BCUT2D eigenvalue weighted by molar-refractivity contribution is 7.10. The van der Waals surface area contributed by atoms with E-state index in [-0.39, 0.29) is 12.5 Å². The van der Waals surface area contributed by atoms with E-state index in [1.807, 2.05) is 41.8 Å². The van der Waals surface area contributed by atoms with Gasteiger partial charge >= 0.3 is 5.97 Å². The summed E-state index contributed by atoms with van der Waals surface area (Å²) < 4.78 is 5.06. The summed E-state index contributed by atoms with van der Waals surface area (Å²) in [6.45, 7) is 0.431. The number of para-hydroxylation sites is 1. The minimum Gasteiger partial charge on any atom is -0.452 e. The highest BCUT2D eigenvalue weighted by Crippen LogP contribution is 2.26. The summed E-state index contributed by atoms with van der Waals surface area (Å²) in [6, 6.07) is 11.7. The molecule has 2 heterocycles. The molecule has 1 aliphatic heterocycles. The number of hydrogen-bond acceptors (Lipinski definition) is 4. The number of ether oxygens (including phenoxy) is 1. The molecule has 2 aromatic rings. The van der Waals surface area contributed by atoms with E-state index >= 15 is 0 Å². The summed E-state index contributed by atoms with van der Waals surface area (Å²) in [4.78, 5) is 26.7. The summed E-state index contributed by atoms with van der Waals surface area (Å²) in [5.74, 6) is -0.688. The first-order valence-corrected chi connectivity index (χ1v) is 8.38. The van der Waals surface area contributed by atoms with Crippen LogP contribution < -0.4 is 4.90 Å². The van der Waals surface area contributed by atoms with Gasteiger partial charge in [-0.15, -0.1) is 11.3 Å². The molecule has 1 aromatic carbocycles. The Bertz CT molecular complexity index is 722. The van der Waals surface area contributed by atoms with Crippen LogP contribution in [-0.4, -0.2) is 25.0 Å². The van der Waals surface area contributed by atoms with Gasteiger partial charge in [-0.1, -0.05) is 24.3 Å². The van der Waals surface area contributed by atoms with Crippen LogP contribution in [-0.2, 0) is 20.7 Å². The van der Waals surface area contributed by atoms with Crippen molar-refractivity contribution in [3.63, 3.8) is 0 Å². The predicted octanol–water partition coefficient (Wildman–Crippen LogP) is 3.28. The summed E-state index contributed by atoms with van der Waals surface area (Å²) in [5, 5.41) is 1.93. The van der Waals surface area contributed by atoms with E-state index in [1.54, 1.807) is 11.0 Å². The summed E-state index contributed by atoms with van der Waals surface area (Å²) >= 11 is 1.53. The number of amides is 1. The van der Waals surface area contributed by atoms with Crippen molar-refractivity contribution in [1.82, 2.24) is 0 Å². The first-order chi connectivity index (χ1) is 11.2.